The van der Waals surface area contributed by atoms with Crippen molar-refractivity contribution in [3.05, 3.63) is 83.1 Å². The molecule has 2 heterocycles. The SMILES string of the molecule is CCOC(=O)Cc1cccc(C)c1OCc1cc(-c2ccnc(CC[S@@](=O)C(C)(C)C)c2F)c2occc2c1. The van der Waals surface area contributed by atoms with Gasteiger partial charge in [-0.3, -0.25) is 14.0 Å². The zero-order valence-electron chi connectivity index (χ0n) is 23.0. The van der Waals surface area contributed by atoms with E-state index in [1.54, 1.807) is 25.5 Å². The standard InChI is InChI=1S/C31H34FNO5S/c1-6-36-27(34)18-22-9-7-8-20(2)29(22)38-19-21-16-23-11-14-37-30(23)25(17-21)24-10-13-33-26(28(24)32)12-15-39(35)31(3,4)5/h7-11,13-14,16-17H,6,12,15,18-19H2,1-5H3/t39-/m1/s1. The van der Waals surface area contributed by atoms with E-state index in [0.717, 1.165) is 22.1 Å². The summed E-state index contributed by atoms with van der Waals surface area (Å²) in [5.74, 6) is 0.189. The van der Waals surface area contributed by atoms with Gasteiger partial charge in [0.25, 0.3) is 0 Å². The van der Waals surface area contributed by atoms with E-state index in [1.165, 1.54) is 0 Å². The van der Waals surface area contributed by atoms with Crippen molar-refractivity contribution in [2.45, 2.75) is 58.8 Å². The quantitative estimate of drug-likeness (QED) is 0.204. The van der Waals surface area contributed by atoms with Gasteiger partial charge < -0.3 is 13.9 Å². The number of aryl methyl sites for hydroxylation is 2. The van der Waals surface area contributed by atoms with Gasteiger partial charge in [-0.2, -0.15) is 0 Å². The number of carbonyl (C=O) groups excluding carboxylic acids is 1. The van der Waals surface area contributed by atoms with Gasteiger partial charge >= 0.3 is 5.97 Å². The molecule has 0 aliphatic rings. The molecular formula is C31H34FNO5S. The van der Waals surface area contributed by atoms with Crippen molar-refractivity contribution < 1.29 is 27.3 Å². The Bertz CT molecular complexity index is 1500. The minimum atomic E-state index is -1.12. The molecule has 0 bridgehead atoms. The fourth-order valence-corrected chi connectivity index (χ4v) is 5.37. The summed E-state index contributed by atoms with van der Waals surface area (Å²) < 4.78 is 44.9. The molecule has 0 radical (unpaired) electrons. The number of para-hydroxylation sites is 1. The van der Waals surface area contributed by atoms with Crippen LogP contribution in [0, 0.1) is 12.7 Å². The van der Waals surface area contributed by atoms with Gasteiger partial charge in [0, 0.05) is 56.0 Å². The molecule has 4 rings (SSSR count). The van der Waals surface area contributed by atoms with Crippen LogP contribution in [0.25, 0.3) is 22.1 Å². The number of aromatic nitrogens is 1. The first kappa shape index (κ1) is 28.5. The molecule has 39 heavy (non-hydrogen) atoms. The summed E-state index contributed by atoms with van der Waals surface area (Å²) in [6.45, 7) is 9.94. The topological polar surface area (TPSA) is 78.6 Å². The van der Waals surface area contributed by atoms with E-state index in [2.05, 4.69) is 4.98 Å². The zero-order chi connectivity index (χ0) is 28.2. The molecule has 4 aromatic rings. The number of furan rings is 1. The number of ether oxygens (including phenoxy) is 2. The average Bonchev–Trinajstić information content (AvgIpc) is 3.35. The third kappa shape index (κ3) is 6.74. The molecule has 0 saturated heterocycles. The molecule has 6 nitrogen and oxygen atoms in total. The minimum Gasteiger partial charge on any atom is -0.488 e. The van der Waals surface area contributed by atoms with Crippen molar-refractivity contribution in [1.82, 2.24) is 4.98 Å². The second-order valence-electron chi connectivity index (χ2n) is 10.3. The first-order valence-corrected chi connectivity index (χ1v) is 14.3. The second kappa shape index (κ2) is 12.1. The summed E-state index contributed by atoms with van der Waals surface area (Å²) in [6.07, 6.45) is 3.52. The lowest BCUT2D eigenvalue weighted by Gasteiger charge is -2.17. The van der Waals surface area contributed by atoms with Gasteiger partial charge in [0.05, 0.1) is 25.0 Å². The van der Waals surface area contributed by atoms with Crippen molar-refractivity contribution in [1.29, 1.82) is 0 Å². The van der Waals surface area contributed by atoms with Crippen LogP contribution in [0.1, 0.15) is 50.1 Å². The lowest BCUT2D eigenvalue weighted by atomic mass is 9.99. The molecule has 0 aliphatic carbocycles. The van der Waals surface area contributed by atoms with Crippen LogP contribution in [-0.4, -0.2) is 32.3 Å². The van der Waals surface area contributed by atoms with Crippen LogP contribution in [0.2, 0.25) is 0 Å². The number of carbonyl (C=O) groups is 1. The summed E-state index contributed by atoms with van der Waals surface area (Å²) in [6, 6.07) is 12.9. The molecule has 0 saturated carbocycles. The van der Waals surface area contributed by atoms with Gasteiger partial charge in [-0.1, -0.05) is 18.2 Å². The van der Waals surface area contributed by atoms with Crippen LogP contribution in [0.3, 0.4) is 0 Å². The lowest BCUT2D eigenvalue weighted by Crippen LogP contribution is -2.25. The Balaban J connectivity index is 1.63. The molecule has 0 N–H and O–H groups in total. The number of benzene rings is 2. The van der Waals surface area contributed by atoms with E-state index in [9.17, 15) is 9.00 Å². The Hall–Kier alpha value is -3.52. The highest BCUT2D eigenvalue weighted by Gasteiger charge is 2.22. The van der Waals surface area contributed by atoms with E-state index in [-0.39, 0.29) is 35.9 Å². The molecule has 2 aromatic heterocycles. The van der Waals surface area contributed by atoms with E-state index >= 15 is 4.39 Å². The Morgan fingerprint density at radius 1 is 1.13 bits per heavy atom. The van der Waals surface area contributed by atoms with Gasteiger partial charge in [0.15, 0.2) is 5.82 Å². The summed E-state index contributed by atoms with van der Waals surface area (Å²) in [7, 11) is -1.12. The van der Waals surface area contributed by atoms with Gasteiger partial charge in [0.1, 0.15) is 17.9 Å². The van der Waals surface area contributed by atoms with Crippen LogP contribution < -0.4 is 4.74 Å². The van der Waals surface area contributed by atoms with Crippen LogP contribution >= 0.6 is 0 Å². The molecule has 0 fully saturated rings. The summed E-state index contributed by atoms with van der Waals surface area (Å²) in [5.41, 5.74) is 4.25. The second-order valence-corrected chi connectivity index (χ2v) is 12.7. The maximum absolute atomic E-state index is 15.7. The summed E-state index contributed by atoms with van der Waals surface area (Å²) in [4.78, 5) is 16.4. The van der Waals surface area contributed by atoms with Crippen LogP contribution in [-0.2, 0) is 39.8 Å². The molecule has 2 aromatic carbocycles. The van der Waals surface area contributed by atoms with Gasteiger partial charge in [-0.15, -0.1) is 0 Å². The smallest absolute Gasteiger partial charge is 0.310 e. The van der Waals surface area contributed by atoms with E-state index < -0.39 is 16.6 Å². The Morgan fingerprint density at radius 2 is 1.92 bits per heavy atom. The van der Waals surface area contributed by atoms with Crippen LogP contribution in [0.4, 0.5) is 4.39 Å². The molecule has 0 unspecified atom stereocenters. The highest BCUT2D eigenvalue weighted by atomic mass is 32.2. The number of fused-ring (bicyclic) bond motifs is 1. The zero-order valence-corrected chi connectivity index (χ0v) is 23.8. The lowest BCUT2D eigenvalue weighted by molar-refractivity contribution is -0.142. The first-order chi connectivity index (χ1) is 18.6. The van der Waals surface area contributed by atoms with Gasteiger partial charge in [0.2, 0.25) is 0 Å². The predicted octanol–water partition coefficient (Wildman–Crippen LogP) is 6.72. The monoisotopic (exact) mass is 551 g/mol. The molecule has 1 atom stereocenters. The van der Waals surface area contributed by atoms with E-state index in [0.29, 0.717) is 34.8 Å². The Kier molecular flexibility index (Phi) is 8.85. The molecule has 206 valence electrons. The van der Waals surface area contributed by atoms with Gasteiger partial charge in [-0.25, -0.2) is 4.39 Å². The van der Waals surface area contributed by atoms with Crippen molar-refractivity contribution in [3.8, 4) is 16.9 Å². The fourth-order valence-electron chi connectivity index (χ4n) is 4.37. The third-order valence-electron chi connectivity index (χ3n) is 6.39. The minimum absolute atomic E-state index is 0.113. The number of pyridine rings is 1. The summed E-state index contributed by atoms with van der Waals surface area (Å²) >= 11 is 0. The first-order valence-electron chi connectivity index (χ1n) is 13.0. The number of hydrogen-bond donors (Lipinski definition) is 0. The normalized spacial score (nSPS) is 12.5. The largest absolute Gasteiger partial charge is 0.488 e. The number of rotatable bonds is 10. The molecule has 0 amide bonds. The van der Waals surface area contributed by atoms with Crippen molar-refractivity contribution >= 4 is 27.7 Å². The number of hydrogen-bond acceptors (Lipinski definition) is 6. The molecular weight excluding hydrogens is 517 g/mol. The van der Waals surface area contributed by atoms with E-state index in [4.69, 9.17) is 13.9 Å². The van der Waals surface area contributed by atoms with Crippen LogP contribution in [0.15, 0.2) is 59.3 Å². The highest BCUT2D eigenvalue weighted by molar-refractivity contribution is 7.86. The third-order valence-corrected chi connectivity index (χ3v) is 8.33. The van der Waals surface area contributed by atoms with Crippen LogP contribution in [0.5, 0.6) is 5.75 Å². The maximum Gasteiger partial charge on any atom is 0.310 e. The molecule has 0 aliphatic heterocycles. The number of esters is 1. The Morgan fingerprint density at radius 3 is 2.67 bits per heavy atom. The molecule has 8 heteroatoms. The highest BCUT2D eigenvalue weighted by Crippen LogP contribution is 2.34. The van der Waals surface area contributed by atoms with E-state index in [1.807, 2.05) is 64.1 Å². The predicted molar refractivity (Wildman–Crippen MR) is 152 cm³/mol. The Labute approximate surface area is 231 Å². The maximum atomic E-state index is 15.7. The van der Waals surface area contributed by atoms with Gasteiger partial charge in [-0.05, 0) is 70.0 Å². The van der Waals surface area contributed by atoms with Crippen molar-refractivity contribution in [3.63, 3.8) is 0 Å². The summed E-state index contributed by atoms with van der Waals surface area (Å²) in [5, 5.41) is 0.814. The van der Waals surface area contributed by atoms with Crippen molar-refractivity contribution in [2.24, 2.45) is 0 Å². The fraction of sp³-hybridized carbons (Fsp3) is 0.355. The number of nitrogens with zero attached hydrogens (tertiary/aromatic N) is 1. The van der Waals surface area contributed by atoms with Crippen molar-refractivity contribution in [2.75, 3.05) is 12.4 Å². The number of halogens is 1. The molecule has 0 spiro atoms. The average molecular weight is 552 g/mol.